The molecule has 1 aromatic heterocycles. The summed E-state index contributed by atoms with van der Waals surface area (Å²) in [6.45, 7) is 7.74. The number of benzene rings is 1. The molecule has 0 aliphatic rings. The number of aliphatic hydroxyl groups is 3. The Kier molecular flexibility index (Phi) is 4.41. The molecule has 1 atom stereocenters. The molecule has 5 nitrogen and oxygen atoms in total. The van der Waals surface area contributed by atoms with Crippen molar-refractivity contribution in [2.75, 3.05) is 0 Å². The molecule has 0 saturated heterocycles. The van der Waals surface area contributed by atoms with Crippen molar-refractivity contribution < 1.29 is 24.5 Å². The van der Waals surface area contributed by atoms with E-state index in [4.69, 9.17) is 4.42 Å². The lowest BCUT2D eigenvalue weighted by Gasteiger charge is -2.24. The monoisotopic (exact) mass is 320 g/mol. The van der Waals surface area contributed by atoms with Crippen LogP contribution in [0.3, 0.4) is 0 Å². The van der Waals surface area contributed by atoms with Crippen LogP contribution in [0, 0.1) is 0 Å². The summed E-state index contributed by atoms with van der Waals surface area (Å²) in [5, 5.41) is 30.9. The zero-order chi connectivity index (χ0) is 17.6. The molecule has 0 aliphatic heterocycles. The van der Waals surface area contributed by atoms with Crippen LogP contribution in [0.4, 0.5) is 0 Å². The van der Waals surface area contributed by atoms with Crippen molar-refractivity contribution in [1.82, 2.24) is 0 Å². The van der Waals surface area contributed by atoms with Crippen LogP contribution in [0.5, 0.6) is 0 Å². The third-order valence-electron chi connectivity index (χ3n) is 3.93. The Morgan fingerprint density at radius 2 is 1.78 bits per heavy atom. The van der Waals surface area contributed by atoms with E-state index < -0.39 is 17.3 Å². The Balaban J connectivity index is 2.60. The second-order valence-electron chi connectivity index (χ2n) is 7.15. The highest BCUT2D eigenvalue weighted by Gasteiger charge is 2.27. The van der Waals surface area contributed by atoms with Gasteiger partial charge in [-0.2, -0.15) is 0 Å². The maximum atomic E-state index is 11.7. The van der Waals surface area contributed by atoms with Crippen LogP contribution in [0.25, 0.3) is 11.0 Å². The summed E-state index contributed by atoms with van der Waals surface area (Å²) in [5.41, 5.74) is -0.794. The Hall–Kier alpha value is -1.69. The number of furan rings is 1. The van der Waals surface area contributed by atoms with E-state index in [1.165, 1.54) is 20.8 Å². The lowest BCUT2D eigenvalue weighted by molar-refractivity contribution is -0.0469. The average molecular weight is 320 g/mol. The van der Waals surface area contributed by atoms with Gasteiger partial charge in [0.05, 0.1) is 11.7 Å². The Morgan fingerprint density at radius 1 is 1.17 bits per heavy atom. The van der Waals surface area contributed by atoms with Gasteiger partial charge < -0.3 is 19.7 Å². The molecule has 1 unspecified atom stereocenters. The highest BCUT2D eigenvalue weighted by molar-refractivity contribution is 5.98. The van der Waals surface area contributed by atoms with E-state index in [2.05, 4.69) is 0 Å². The first-order valence-corrected chi connectivity index (χ1v) is 7.60. The van der Waals surface area contributed by atoms with E-state index in [9.17, 15) is 20.1 Å². The number of ketones is 1. The van der Waals surface area contributed by atoms with Gasteiger partial charge in [-0.15, -0.1) is 0 Å². The summed E-state index contributed by atoms with van der Waals surface area (Å²) in [4.78, 5) is 11.7. The molecule has 0 aliphatic carbocycles. The summed E-state index contributed by atoms with van der Waals surface area (Å²) in [6, 6.07) is 5.06. The highest BCUT2D eigenvalue weighted by Crippen LogP contribution is 2.32. The molecule has 5 heteroatoms. The lowest BCUT2D eigenvalue weighted by Crippen LogP contribution is -2.37. The van der Waals surface area contributed by atoms with E-state index in [0.717, 1.165) is 0 Å². The maximum absolute atomic E-state index is 11.7. The minimum absolute atomic E-state index is 0.100. The van der Waals surface area contributed by atoms with Crippen LogP contribution >= 0.6 is 0 Å². The third-order valence-corrected chi connectivity index (χ3v) is 3.93. The zero-order valence-electron chi connectivity index (χ0n) is 14.2. The summed E-state index contributed by atoms with van der Waals surface area (Å²) >= 11 is 0. The van der Waals surface area contributed by atoms with Crippen LogP contribution in [0.1, 0.15) is 56.3 Å². The quantitative estimate of drug-likeness (QED) is 0.737. The lowest BCUT2D eigenvalue weighted by atomic mass is 9.93. The molecule has 0 bridgehead atoms. The minimum Gasteiger partial charge on any atom is -0.458 e. The Labute approximate surface area is 135 Å². The maximum Gasteiger partial charge on any atom is 0.159 e. The number of hydrogen-bond acceptors (Lipinski definition) is 5. The molecular formula is C18H24O5. The van der Waals surface area contributed by atoms with Gasteiger partial charge >= 0.3 is 0 Å². The third kappa shape index (κ3) is 3.80. The summed E-state index contributed by atoms with van der Waals surface area (Å²) < 4.78 is 5.76. The number of rotatable bonds is 5. The molecule has 0 saturated carbocycles. The second kappa shape index (κ2) is 5.74. The van der Waals surface area contributed by atoms with Gasteiger partial charge in [0.1, 0.15) is 16.9 Å². The fourth-order valence-corrected chi connectivity index (χ4v) is 2.34. The topological polar surface area (TPSA) is 90.9 Å². The zero-order valence-corrected chi connectivity index (χ0v) is 14.2. The van der Waals surface area contributed by atoms with E-state index >= 15 is 0 Å². The second-order valence-corrected chi connectivity index (χ2v) is 7.15. The standard InChI is InChI=1S/C18H24O5/c1-10(19)11-6-12(8-14(20)17(2,3)21)16-13(7-11)9-15(23-16)18(4,5)22/h6-7,9,14,20-22H,8H2,1-5H3. The molecule has 1 aromatic carbocycles. The van der Waals surface area contributed by atoms with Gasteiger partial charge in [-0.05, 0) is 58.4 Å². The van der Waals surface area contributed by atoms with Crippen molar-refractivity contribution in [3.63, 3.8) is 0 Å². The molecule has 2 rings (SSSR count). The molecule has 0 fully saturated rings. The van der Waals surface area contributed by atoms with Crippen molar-refractivity contribution in [2.24, 2.45) is 0 Å². The van der Waals surface area contributed by atoms with E-state index in [1.54, 1.807) is 32.0 Å². The molecule has 23 heavy (non-hydrogen) atoms. The Morgan fingerprint density at radius 3 is 2.26 bits per heavy atom. The molecule has 0 amide bonds. The highest BCUT2D eigenvalue weighted by atomic mass is 16.4. The van der Waals surface area contributed by atoms with E-state index in [0.29, 0.717) is 27.9 Å². The molecule has 2 aromatic rings. The Bertz CT molecular complexity index is 728. The van der Waals surface area contributed by atoms with E-state index in [-0.39, 0.29) is 12.2 Å². The summed E-state index contributed by atoms with van der Waals surface area (Å²) in [7, 11) is 0. The molecular weight excluding hydrogens is 296 g/mol. The fraction of sp³-hybridized carbons (Fsp3) is 0.500. The molecule has 0 spiro atoms. The van der Waals surface area contributed by atoms with Crippen LogP contribution in [0.2, 0.25) is 0 Å². The molecule has 126 valence electrons. The summed E-state index contributed by atoms with van der Waals surface area (Å²) in [5.74, 6) is 0.282. The normalized spacial score (nSPS) is 14.3. The number of hydrogen-bond donors (Lipinski definition) is 3. The van der Waals surface area contributed by atoms with Crippen LogP contribution in [-0.2, 0) is 12.0 Å². The van der Waals surface area contributed by atoms with Crippen molar-refractivity contribution in [3.8, 4) is 0 Å². The van der Waals surface area contributed by atoms with Gasteiger partial charge in [0.25, 0.3) is 0 Å². The van der Waals surface area contributed by atoms with Gasteiger partial charge in [-0.3, -0.25) is 4.79 Å². The van der Waals surface area contributed by atoms with Gasteiger partial charge in [-0.25, -0.2) is 0 Å². The van der Waals surface area contributed by atoms with Crippen LogP contribution in [-0.4, -0.2) is 32.8 Å². The minimum atomic E-state index is -1.27. The number of carbonyl (C=O) groups excluding carboxylic acids is 1. The first-order chi connectivity index (χ1) is 10.4. The largest absolute Gasteiger partial charge is 0.458 e. The van der Waals surface area contributed by atoms with Crippen molar-refractivity contribution >= 4 is 16.8 Å². The van der Waals surface area contributed by atoms with Crippen molar-refractivity contribution in [1.29, 1.82) is 0 Å². The number of carbonyl (C=O) groups is 1. The average Bonchev–Trinajstić information content (AvgIpc) is 2.81. The first kappa shape index (κ1) is 17.7. The number of aliphatic hydroxyl groups excluding tert-OH is 1. The molecule has 3 N–H and O–H groups in total. The first-order valence-electron chi connectivity index (χ1n) is 7.60. The van der Waals surface area contributed by atoms with Gasteiger partial charge in [0.2, 0.25) is 0 Å². The van der Waals surface area contributed by atoms with Crippen LogP contribution in [0.15, 0.2) is 22.6 Å². The fourth-order valence-electron chi connectivity index (χ4n) is 2.34. The van der Waals surface area contributed by atoms with Crippen molar-refractivity contribution in [2.45, 2.75) is 58.3 Å². The summed E-state index contributed by atoms with van der Waals surface area (Å²) in [6.07, 6.45) is -0.872. The number of Topliss-reactive ketones (excluding diaryl/α,β-unsaturated/α-hetero) is 1. The van der Waals surface area contributed by atoms with Gasteiger partial charge in [0, 0.05) is 17.4 Å². The van der Waals surface area contributed by atoms with Crippen molar-refractivity contribution in [3.05, 3.63) is 35.1 Å². The predicted octanol–water partition coefficient (Wildman–Crippen LogP) is 2.54. The van der Waals surface area contributed by atoms with Gasteiger partial charge in [0.15, 0.2) is 5.78 Å². The molecule has 0 radical (unpaired) electrons. The molecule has 1 heterocycles. The SMILES string of the molecule is CC(=O)c1cc(CC(O)C(C)(C)O)c2oc(C(C)(C)O)cc2c1. The smallest absolute Gasteiger partial charge is 0.159 e. The van der Waals surface area contributed by atoms with E-state index in [1.807, 2.05) is 0 Å². The van der Waals surface area contributed by atoms with Crippen LogP contribution < -0.4 is 0 Å². The predicted molar refractivity (Wildman–Crippen MR) is 87.5 cm³/mol. The number of fused-ring (bicyclic) bond motifs is 1. The van der Waals surface area contributed by atoms with Gasteiger partial charge in [-0.1, -0.05) is 0 Å².